The maximum Gasteiger partial charge on any atom is 0.233 e. The van der Waals surface area contributed by atoms with E-state index >= 15 is 0 Å². The summed E-state index contributed by atoms with van der Waals surface area (Å²) in [4.78, 5) is 11.4. The standard InChI is InChI=1S/C13H18N4O/c1-2-6-15-13(18)10-14-8-11-9-16-17-7-4-3-5-12(11)17/h3-5,7,9,14H,2,6,8,10H2,1H3,(H,15,18). The van der Waals surface area contributed by atoms with E-state index in [1.165, 1.54) is 0 Å². The molecular formula is C13H18N4O. The van der Waals surface area contributed by atoms with Crippen LogP contribution in [0.25, 0.3) is 5.52 Å². The van der Waals surface area contributed by atoms with Crippen molar-refractivity contribution in [3.8, 4) is 0 Å². The van der Waals surface area contributed by atoms with Gasteiger partial charge in [0.15, 0.2) is 0 Å². The smallest absolute Gasteiger partial charge is 0.233 e. The molecule has 0 spiro atoms. The lowest BCUT2D eigenvalue weighted by Gasteiger charge is -2.04. The molecule has 96 valence electrons. The molecule has 0 bridgehead atoms. The topological polar surface area (TPSA) is 58.4 Å². The van der Waals surface area contributed by atoms with Crippen molar-refractivity contribution in [3.05, 3.63) is 36.2 Å². The molecule has 2 heterocycles. The minimum absolute atomic E-state index is 0.0355. The summed E-state index contributed by atoms with van der Waals surface area (Å²) in [6, 6.07) is 5.94. The summed E-state index contributed by atoms with van der Waals surface area (Å²) in [6.45, 7) is 3.75. The van der Waals surface area contributed by atoms with Crippen LogP contribution in [0.2, 0.25) is 0 Å². The Kier molecular flexibility index (Phi) is 4.30. The van der Waals surface area contributed by atoms with Gasteiger partial charge in [0.2, 0.25) is 5.91 Å². The first-order valence-electron chi connectivity index (χ1n) is 6.20. The van der Waals surface area contributed by atoms with E-state index in [1.807, 2.05) is 42.0 Å². The highest BCUT2D eigenvalue weighted by Crippen LogP contribution is 2.08. The fraction of sp³-hybridized carbons (Fsp3) is 0.385. The molecule has 0 unspecified atom stereocenters. The largest absolute Gasteiger partial charge is 0.355 e. The van der Waals surface area contributed by atoms with Crippen molar-refractivity contribution in [2.75, 3.05) is 13.1 Å². The van der Waals surface area contributed by atoms with Crippen molar-refractivity contribution in [2.24, 2.45) is 0 Å². The molecule has 0 radical (unpaired) electrons. The highest BCUT2D eigenvalue weighted by atomic mass is 16.1. The fourth-order valence-electron chi connectivity index (χ4n) is 1.76. The molecule has 0 saturated carbocycles. The Morgan fingerprint density at radius 1 is 1.44 bits per heavy atom. The number of carbonyl (C=O) groups excluding carboxylic acids is 1. The van der Waals surface area contributed by atoms with E-state index in [0.29, 0.717) is 13.1 Å². The molecule has 5 heteroatoms. The molecule has 1 amide bonds. The SMILES string of the molecule is CCCNC(=O)CNCc1cnn2ccccc12. The summed E-state index contributed by atoms with van der Waals surface area (Å²) in [5.74, 6) is 0.0355. The molecule has 0 aromatic carbocycles. The van der Waals surface area contributed by atoms with Crippen LogP contribution in [0.1, 0.15) is 18.9 Å². The minimum Gasteiger partial charge on any atom is -0.355 e. The van der Waals surface area contributed by atoms with E-state index in [0.717, 1.165) is 24.0 Å². The van der Waals surface area contributed by atoms with Crippen LogP contribution < -0.4 is 10.6 Å². The summed E-state index contributed by atoms with van der Waals surface area (Å²) in [6.07, 6.45) is 4.69. The zero-order chi connectivity index (χ0) is 12.8. The van der Waals surface area contributed by atoms with Gasteiger partial charge in [0.25, 0.3) is 0 Å². The average Bonchev–Trinajstić information content (AvgIpc) is 2.80. The summed E-state index contributed by atoms with van der Waals surface area (Å²) in [5.41, 5.74) is 2.16. The summed E-state index contributed by atoms with van der Waals surface area (Å²) in [5, 5.41) is 10.2. The van der Waals surface area contributed by atoms with Crippen LogP contribution in [0.15, 0.2) is 30.6 Å². The van der Waals surface area contributed by atoms with Crippen LogP contribution >= 0.6 is 0 Å². The Labute approximate surface area is 106 Å². The number of nitrogens with one attached hydrogen (secondary N) is 2. The Morgan fingerprint density at radius 2 is 2.33 bits per heavy atom. The quantitative estimate of drug-likeness (QED) is 0.798. The van der Waals surface area contributed by atoms with Gasteiger partial charge in [0.05, 0.1) is 18.3 Å². The molecule has 2 N–H and O–H groups in total. The third-order valence-electron chi connectivity index (χ3n) is 2.68. The van der Waals surface area contributed by atoms with Crippen molar-refractivity contribution in [1.29, 1.82) is 0 Å². The molecule has 0 atom stereocenters. The van der Waals surface area contributed by atoms with Gasteiger partial charge in [-0.25, -0.2) is 4.52 Å². The number of hydrogen-bond acceptors (Lipinski definition) is 3. The molecule has 0 aliphatic rings. The first kappa shape index (κ1) is 12.6. The first-order chi connectivity index (χ1) is 8.81. The zero-order valence-corrected chi connectivity index (χ0v) is 10.5. The Bertz CT molecular complexity index is 520. The highest BCUT2D eigenvalue weighted by Gasteiger charge is 2.04. The van der Waals surface area contributed by atoms with Gasteiger partial charge in [-0.3, -0.25) is 4.79 Å². The molecule has 0 saturated heterocycles. The molecule has 5 nitrogen and oxygen atoms in total. The fourth-order valence-corrected chi connectivity index (χ4v) is 1.76. The molecule has 2 aromatic rings. The van der Waals surface area contributed by atoms with Crippen LogP contribution in [0.3, 0.4) is 0 Å². The summed E-state index contributed by atoms with van der Waals surface area (Å²) < 4.78 is 1.83. The van der Waals surface area contributed by atoms with Crippen LogP contribution in [0, 0.1) is 0 Å². The van der Waals surface area contributed by atoms with Gasteiger partial charge in [-0.1, -0.05) is 13.0 Å². The Hall–Kier alpha value is -1.88. The van der Waals surface area contributed by atoms with Gasteiger partial charge >= 0.3 is 0 Å². The molecule has 2 rings (SSSR count). The maximum atomic E-state index is 11.4. The first-order valence-corrected chi connectivity index (χ1v) is 6.20. The zero-order valence-electron chi connectivity index (χ0n) is 10.5. The highest BCUT2D eigenvalue weighted by molar-refractivity contribution is 5.77. The second kappa shape index (κ2) is 6.16. The van der Waals surface area contributed by atoms with E-state index in [-0.39, 0.29) is 5.91 Å². The minimum atomic E-state index is 0.0355. The molecule has 0 fully saturated rings. The molecule has 0 aliphatic carbocycles. The molecule has 2 aromatic heterocycles. The maximum absolute atomic E-state index is 11.4. The third-order valence-corrected chi connectivity index (χ3v) is 2.68. The van der Waals surface area contributed by atoms with Crippen LogP contribution in [-0.4, -0.2) is 28.6 Å². The van der Waals surface area contributed by atoms with E-state index in [1.54, 1.807) is 0 Å². The molecule has 18 heavy (non-hydrogen) atoms. The van der Waals surface area contributed by atoms with E-state index in [2.05, 4.69) is 15.7 Å². The number of nitrogens with zero attached hydrogens (tertiary/aromatic N) is 2. The van der Waals surface area contributed by atoms with E-state index in [4.69, 9.17) is 0 Å². The van der Waals surface area contributed by atoms with Gasteiger partial charge in [-0.05, 0) is 18.6 Å². The van der Waals surface area contributed by atoms with Crippen LogP contribution in [-0.2, 0) is 11.3 Å². The van der Waals surface area contributed by atoms with Crippen molar-refractivity contribution in [3.63, 3.8) is 0 Å². The molecule has 0 aliphatic heterocycles. The predicted molar refractivity (Wildman–Crippen MR) is 70.2 cm³/mol. The number of aromatic nitrogens is 2. The van der Waals surface area contributed by atoms with E-state index in [9.17, 15) is 4.79 Å². The predicted octanol–water partition coefficient (Wildman–Crippen LogP) is 0.950. The number of hydrogen-bond donors (Lipinski definition) is 2. The van der Waals surface area contributed by atoms with Gasteiger partial charge in [-0.2, -0.15) is 5.10 Å². The number of rotatable bonds is 6. The summed E-state index contributed by atoms with van der Waals surface area (Å²) in [7, 11) is 0. The van der Waals surface area contributed by atoms with Gasteiger partial charge in [0.1, 0.15) is 0 Å². The van der Waals surface area contributed by atoms with Gasteiger partial charge in [-0.15, -0.1) is 0 Å². The average molecular weight is 246 g/mol. The lowest BCUT2D eigenvalue weighted by atomic mass is 10.2. The second-order valence-electron chi connectivity index (χ2n) is 4.15. The van der Waals surface area contributed by atoms with Crippen molar-refractivity contribution in [2.45, 2.75) is 19.9 Å². The lowest BCUT2D eigenvalue weighted by molar-refractivity contribution is -0.120. The number of pyridine rings is 1. The van der Waals surface area contributed by atoms with Crippen molar-refractivity contribution >= 4 is 11.4 Å². The number of carbonyl (C=O) groups is 1. The van der Waals surface area contributed by atoms with Gasteiger partial charge < -0.3 is 10.6 Å². The Balaban J connectivity index is 1.85. The van der Waals surface area contributed by atoms with Crippen molar-refractivity contribution < 1.29 is 4.79 Å². The number of amides is 1. The Morgan fingerprint density at radius 3 is 3.17 bits per heavy atom. The van der Waals surface area contributed by atoms with E-state index < -0.39 is 0 Å². The number of fused-ring (bicyclic) bond motifs is 1. The normalized spacial score (nSPS) is 10.7. The third kappa shape index (κ3) is 3.07. The van der Waals surface area contributed by atoms with Crippen molar-refractivity contribution in [1.82, 2.24) is 20.2 Å². The summed E-state index contributed by atoms with van der Waals surface area (Å²) >= 11 is 0. The van der Waals surface area contributed by atoms with Crippen LogP contribution in [0.4, 0.5) is 0 Å². The monoisotopic (exact) mass is 246 g/mol. The van der Waals surface area contributed by atoms with Gasteiger partial charge in [0, 0.05) is 24.8 Å². The van der Waals surface area contributed by atoms with Crippen LogP contribution in [0.5, 0.6) is 0 Å². The second-order valence-corrected chi connectivity index (χ2v) is 4.15. The lowest BCUT2D eigenvalue weighted by Crippen LogP contribution is -2.33. The molecular weight excluding hydrogens is 228 g/mol.